The molecule has 1 heterocycles. The van der Waals surface area contributed by atoms with Gasteiger partial charge in [0.2, 0.25) is 5.91 Å². The molecule has 1 saturated carbocycles. The monoisotopic (exact) mass is 286 g/mol. The topological polar surface area (TPSA) is 57.2 Å². The number of ether oxygens (including phenoxy) is 1. The van der Waals surface area contributed by atoms with Gasteiger partial charge in [0.15, 0.2) is 0 Å². The fraction of sp³-hybridized carbons (Fsp3) is 0.471. The predicted octanol–water partition coefficient (Wildman–Crippen LogP) is 3.38. The van der Waals surface area contributed by atoms with E-state index in [1.807, 2.05) is 35.8 Å². The van der Waals surface area contributed by atoms with Gasteiger partial charge in [0.25, 0.3) is 0 Å². The largest absolute Gasteiger partial charge is 0.398 e. The maximum Gasteiger partial charge on any atom is 0.234 e. The van der Waals surface area contributed by atoms with Crippen molar-refractivity contribution in [2.75, 3.05) is 12.8 Å². The highest BCUT2D eigenvalue weighted by Crippen LogP contribution is 2.31. The standard InChI is InChI=1S/C17H22N2O2/c1-11-10-14-15(18)4-3-5-16(14)19(11)17(20)12-6-8-13(21-2)9-7-12/h3-5,10,12-13H,6-9,18H2,1-2H3. The molecule has 0 saturated heterocycles. The summed E-state index contributed by atoms with van der Waals surface area (Å²) in [6.07, 6.45) is 4.05. The molecule has 3 rings (SSSR count). The Kier molecular flexibility index (Phi) is 3.72. The fourth-order valence-electron chi connectivity index (χ4n) is 3.41. The number of rotatable bonds is 2. The maximum absolute atomic E-state index is 12.9. The summed E-state index contributed by atoms with van der Waals surface area (Å²) in [6, 6.07) is 7.75. The Labute approximate surface area is 124 Å². The normalized spacial score (nSPS) is 22.6. The molecule has 1 fully saturated rings. The van der Waals surface area contributed by atoms with Crippen molar-refractivity contribution in [3.8, 4) is 0 Å². The molecule has 1 aromatic carbocycles. The average molecular weight is 286 g/mol. The molecular formula is C17H22N2O2. The van der Waals surface area contributed by atoms with E-state index in [9.17, 15) is 4.79 Å². The first-order valence-electron chi connectivity index (χ1n) is 7.55. The molecule has 0 aliphatic heterocycles. The van der Waals surface area contributed by atoms with Crippen molar-refractivity contribution in [3.05, 3.63) is 30.0 Å². The Morgan fingerprint density at radius 3 is 2.67 bits per heavy atom. The van der Waals surface area contributed by atoms with Crippen molar-refractivity contribution in [3.63, 3.8) is 0 Å². The van der Waals surface area contributed by atoms with Crippen LogP contribution in [-0.4, -0.2) is 23.7 Å². The van der Waals surface area contributed by atoms with Gasteiger partial charge in [-0.05, 0) is 50.8 Å². The van der Waals surface area contributed by atoms with Crippen molar-refractivity contribution >= 4 is 22.5 Å². The second-order valence-electron chi connectivity index (χ2n) is 5.95. The van der Waals surface area contributed by atoms with Gasteiger partial charge >= 0.3 is 0 Å². The van der Waals surface area contributed by atoms with Crippen LogP contribution < -0.4 is 5.73 Å². The smallest absolute Gasteiger partial charge is 0.234 e. The van der Waals surface area contributed by atoms with Gasteiger partial charge in [-0.3, -0.25) is 9.36 Å². The summed E-state index contributed by atoms with van der Waals surface area (Å²) in [6.45, 7) is 1.97. The molecular weight excluding hydrogens is 264 g/mol. The van der Waals surface area contributed by atoms with Crippen molar-refractivity contribution < 1.29 is 9.53 Å². The predicted molar refractivity (Wildman–Crippen MR) is 84.5 cm³/mol. The van der Waals surface area contributed by atoms with Gasteiger partial charge in [-0.15, -0.1) is 0 Å². The SMILES string of the molecule is COC1CCC(C(=O)n2c(C)cc3c(N)cccc32)CC1. The number of carbonyl (C=O) groups excluding carboxylic acids is 1. The molecule has 0 spiro atoms. The molecule has 0 bridgehead atoms. The van der Waals surface area contributed by atoms with Gasteiger partial charge in [0.05, 0.1) is 11.6 Å². The lowest BCUT2D eigenvalue weighted by molar-refractivity contribution is 0.0484. The van der Waals surface area contributed by atoms with Crippen LogP contribution in [0.4, 0.5) is 5.69 Å². The Morgan fingerprint density at radius 2 is 2.00 bits per heavy atom. The molecule has 0 unspecified atom stereocenters. The number of aromatic nitrogens is 1. The molecule has 21 heavy (non-hydrogen) atoms. The van der Waals surface area contributed by atoms with Gasteiger partial charge in [-0.2, -0.15) is 0 Å². The lowest BCUT2D eigenvalue weighted by Gasteiger charge is -2.27. The molecule has 4 nitrogen and oxygen atoms in total. The Bertz CT molecular complexity index is 667. The zero-order chi connectivity index (χ0) is 15.0. The summed E-state index contributed by atoms with van der Waals surface area (Å²) < 4.78 is 7.22. The molecule has 0 amide bonds. The summed E-state index contributed by atoms with van der Waals surface area (Å²) in [4.78, 5) is 12.9. The van der Waals surface area contributed by atoms with Crippen LogP contribution >= 0.6 is 0 Å². The van der Waals surface area contributed by atoms with E-state index in [0.717, 1.165) is 48.0 Å². The number of aryl methyl sites for hydroxylation is 1. The molecule has 112 valence electrons. The van der Waals surface area contributed by atoms with Crippen molar-refractivity contribution in [2.45, 2.75) is 38.7 Å². The van der Waals surface area contributed by atoms with E-state index in [1.54, 1.807) is 7.11 Å². The first-order chi connectivity index (χ1) is 10.1. The quantitative estimate of drug-likeness (QED) is 0.861. The van der Waals surface area contributed by atoms with Crippen LogP contribution in [0, 0.1) is 12.8 Å². The van der Waals surface area contributed by atoms with Crippen LogP contribution in [0.3, 0.4) is 0 Å². The first kappa shape index (κ1) is 14.1. The van der Waals surface area contributed by atoms with Crippen molar-refractivity contribution in [1.82, 2.24) is 4.57 Å². The number of fused-ring (bicyclic) bond motifs is 1. The van der Waals surface area contributed by atoms with Crippen LogP contribution in [0.15, 0.2) is 24.3 Å². The molecule has 0 atom stereocenters. The summed E-state index contributed by atoms with van der Waals surface area (Å²) in [5.74, 6) is 0.287. The van der Waals surface area contributed by atoms with E-state index in [2.05, 4.69) is 0 Å². The Hall–Kier alpha value is -1.81. The second kappa shape index (κ2) is 5.53. The third kappa shape index (κ3) is 2.44. The number of nitrogens with two attached hydrogens (primary N) is 1. The Balaban J connectivity index is 1.92. The van der Waals surface area contributed by atoms with Crippen LogP contribution in [-0.2, 0) is 4.74 Å². The second-order valence-corrected chi connectivity index (χ2v) is 5.95. The first-order valence-corrected chi connectivity index (χ1v) is 7.55. The van der Waals surface area contributed by atoms with Gasteiger partial charge in [-0.25, -0.2) is 0 Å². The third-order valence-electron chi connectivity index (χ3n) is 4.64. The number of nitrogens with zero attached hydrogens (tertiary/aromatic N) is 1. The zero-order valence-electron chi connectivity index (χ0n) is 12.6. The van der Waals surface area contributed by atoms with Crippen LogP contribution in [0.25, 0.3) is 10.9 Å². The average Bonchev–Trinajstić information content (AvgIpc) is 2.84. The minimum atomic E-state index is 0.0899. The van der Waals surface area contributed by atoms with Gasteiger partial charge in [0.1, 0.15) is 0 Å². The van der Waals surface area contributed by atoms with Crippen molar-refractivity contribution in [2.24, 2.45) is 5.92 Å². The lowest BCUT2D eigenvalue weighted by atomic mass is 9.86. The molecule has 0 radical (unpaired) electrons. The molecule has 2 N–H and O–H groups in total. The van der Waals surface area contributed by atoms with Crippen molar-refractivity contribution in [1.29, 1.82) is 0 Å². The number of hydrogen-bond acceptors (Lipinski definition) is 3. The minimum absolute atomic E-state index is 0.0899. The van der Waals surface area contributed by atoms with Crippen LogP contribution in [0.2, 0.25) is 0 Å². The Morgan fingerprint density at radius 1 is 1.29 bits per heavy atom. The highest BCUT2D eigenvalue weighted by molar-refractivity contribution is 5.99. The van der Waals surface area contributed by atoms with E-state index in [1.165, 1.54) is 0 Å². The van der Waals surface area contributed by atoms with E-state index >= 15 is 0 Å². The summed E-state index contributed by atoms with van der Waals surface area (Å²) in [5.41, 5.74) is 8.62. The minimum Gasteiger partial charge on any atom is -0.398 e. The van der Waals surface area contributed by atoms with Crippen LogP contribution in [0.5, 0.6) is 0 Å². The number of anilines is 1. The highest BCUT2D eigenvalue weighted by atomic mass is 16.5. The number of methoxy groups -OCH3 is 1. The number of carbonyl (C=O) groups is 1. The van der Waals surface area contributed by atoms with E-state index in [0.29, 0.717) is 6.10 Å². The maximum atomic E-state index is 12.9. The number of benzene rings is 1. The lowest BCUT2D eigenvalue weighted by Crippen LogP contribution is -2.29. The summed E-state index contributed by atoms with van der Waals surface area (Å²) >= 11 is 0. The third-order valence-corrected chi connectivity index (χ3v) is 4.64. The van der Waals surface area contributed by atoms with Crippen LogP contribution in [0.1, 0.15) is 36.2 Å². The van der Waals surface area contributed by atoms with E-state index in [4.69, 9.17) is 10.5 Å². The zero-order valence-corrected chi connectivity index (χ0v) is 12.6. The number of nitrogen functional groups attached to an aromatic ring is 1. The molecule has 1 aromatic heterocycles. The molecule has 1 aliphatic carbocycles. The summed E-state index contributed by atoms with van der Waals surface area (Å²) in [7, 11) is 1.75. The molecule has 2 aromatic rings. The van der Waals surface area contributed by atoms with E-state index in [-0.39, 0.29) is 11.8 Å². The van der Waals surface area contributed by atoms with E-state index < -0.39 is 0 Å². The van der Waals surface area contributed by atoms with Gasteiger partial charge < -0.3 is 10.5 Å². The number of hydrogen-bond donors (Lipinski definition) is 1. The molecule has 1 aliphatic rings. The van der Waals surface area contributed by atoms with Gasteiger partial charge in [-0.1, -0.05) is 6.07 Å². The summed E-state index contributed by atoms with van der Waals surface area (Å²) in [5, 5.41) is 0.967. The van der Waals surface area contributed by atoms with Gasteiger partial charge in [0, 0.05) is 29.8 Å². The highest BCUT2D eigenvalue weighted by Gasteiger charge is 2.28. The fourth-order valence-corrected chi connectivity index (χ4v) is 3.41. The molecule has 4 heteroatoms.